The smallest absolute Gasteiger partial charge is 0.270 e. The van der Waals surface area contributed by atoms with Gasteiger partial charge in [0.2, 0.25) is 0 Å². The van der Waals surface area contributed by atoms with Crippen molar-refractivity contribution in [2.45, 2.75) is 25.9 Å². The minimum Gasteiger partial charge on any atom is -0.345 e. The molecule has 3 aromatic carbocycles. The number of non-ortho nitro benzene ring substituents is 1. The number of carbonyl (C=O) groups excluding carboxylic acids is 2. The third-order valence-corrected chi connectivity index (χ3v) is 5.18. The summed E-state index contributed by atoms with van der Waals surface area (Å²) in [5, 5.41) is 16.8. The lowest BCUT2D eigenvalue weighted by Gasteiger charge is -2.18. The fourth-order valence-electron chi connectivity index (χ4n) is 3.33. The molecule has 3 rings (SSSR count). The Morgan fingerprint density at radius 2 is 1.27 bits per heavy atom. The van der Waals surface area contributed by atoms with Crippen LogP contribution in [0.2, 0.25) is 0 Å². The largest absolute Gasteiger partial charge is 0.345 e. The average Bonchev–Trinajstić information content (AvgIpc) is 2.83. The van der Waals surface area contributed by atoms with Gasteiger partial charge in [0, 0.05) is 12.1 Å². The molecule has 0 aliphatic carbocycles. The Kier molecular flexibility index (Phi) is 7.70. The van der Waals surface area contributed by atoms with Gasteiger partial charge >= 0.3 is 0 Å². The van der Waals surface area contributed by atoms with Crippen molar-refractivity contribution in [3.63, 3.8) is 0 Å². The normalized spacial score (nSPS) is 12.2. The molecule has 33 heavy (non-hydrogen) atoms. The van der Waals surface area contributed by atoms with E-state index < -0.39 is 16.7 Å². The van der Waals surface area contributed by atoms with Crippen molar-refractivity contribution in [1.82, 2.24) is 10.6 Å². The Hall–Kier alpha value is -4.26. The van der Waals surface area contributed by atoms with Gasteiger partial charge in [-0.05, 0) is 36.6 Å². The fraction of sp³-hybridized carbons (Fsp3) is 0.154. The van der Waals surface area contributed by atoms with E-state index in [4.69, 9.17) is 0 Å². The number of nitrogens with zero attached hydrogens (tertiary/aromatic N) is 1. The van der Waals surface area contributed by atoms with Crippen LogP contribution in [0.4, 0.5) is 5.69 Å². The van der Waals surface area contributed by atoms with Crippen LogP contribution in [-0.4, -0.2) is 16.7 Å². The van der Waals surface area contributed by atoms with E-state index in [-0.39, 0.29) is 23.3 Å². The number of rotatable bonds is 8. The topological polar surface area (TPSA) is 101 Å². The molecule has 0 bridgehead atoms. The Balaban J connectivity index is 1.89. The second-order valence-corrected chi connectivity index (χ2v) is 7.62. The number of hydrogen-bond acceptors (Lipinski definition) is 4. The zero-order chi connectivity index (χ0) is 23.8. The molecule has 0 fully saturated rings. The predicted octanol–water partition coefficient (Wildman–Crippen LogP) is 4.73. The van der Waals surface area contributed by atoms with E-state index in [0.29, 0.717) is 5.56 Å². The van der Waals surface area contributed by atoms with E-state index in [2.05, 4.69) is 10.6 Å². The van der Waals surface area contributed by atoms with Gasteiger partial charge in [-0.15, -0.1) is 0 Å². The lowest BCUT2D eigenvalue weighted by atomic mass is 10.0. The summed E-state index contributed by atoms with van der Waals surface area (Å²) in [4.78, 5) is 36.9. The first kappa shape index (κ1) is 23.4. The van der Waals surface area contributed by atoms with Crippen molar-refractivity contribution >= 4 is 23.6 Å². The van der Waals surface area contributed by atoms with Gasteiger partial charge in [-0.2, -0.15) is 0 Å². The zero-order valence-electron chi connectivity index (χ0n) is 18.4. The standard InChI is InChI=1S/C26H25N3O4/c1-18(21-11-5-3-6-12-21)27-25(30)24(17-20-10-9-15-23(16-20)29(32)33)26(31)28-19(2)22-13-7-4-8-14-22/h3-19H,1-2H3,(H,27,30)(H,28,31). The number of benzene rings is 3. The van der Waals surface area contributed by atoms with Gasteiger partial charge in [0.15, 0.2) is 0 Å². The molecule has 7 heteroatoms. The molecule has 0 spiro atoms. The van der Waals surface area contributed by atoms with Crippen LogP contribution in [0.15, 0.2) is 90.5 Å². The molecule has 2 atom stereocenters. The van der Waals surface area contributed by atoms with Gasteiger partial charge in [-0.1, -0.05) is 72.8 Å². The quantitative estimate of drug-likeness (QED) is 0.173. The molecule has 2 N–H and O–H groups in total. The summed E-state index contributed by atoms with van der Waals surface area (Å²) in [5.74, 6) is -1.15. The Morgan fingerprint density at radius 1 is 0.788 bits per heavy atom. The first-order valence-corrected chi connectivity index (χ1v) is 10.5. The van der Waals surface area contributed by atoms with E-state index in [1.165, 1.54) is 24.3 Å². The molecule has 3 aromatic rings. The van der Waals surface area contributed by atoms with Gasteiger partial charge in [-0.3, -0.25) is 19.7 Å². The van der Waals surface area contributed by atoms with Gasteiger partial charge < -0.3 is 10.6 Å². The Labute approximate surface area is 192 Å². The lowest BCUT2D eigenvalue weighted by molar-refractivity contribution is -0.384. The highest BCUT2D eigenvalue weighted by atomic mass is 16.6. The lowest BCUT2D eigenvalue weighted by Crippen LogP contribution is -2.36. The van der Waals surface area contributed by atoms with E-state index in [1.807, 2.05) is 74.5 Å². The monoisotopic (exact) mass is 443 g/mol. The second-order valence-electron chi connectivity index (χ2n) is 7.62. The molecular weight excluding hydrogens is 418 g/mol. The van der Waals surface area contributed by atoms with Crippen LogP contribution in [0.25, 0.3) is 6.08 Å². The van der Waals surface area contributed by atoms with Crippen LogP contribution in [0, 0.1) is 10.1 Å². The molecule has 0 aromatic heterocycles. The summed E-state index contributed by atoms with van der Waals surface area (Å²) in [6.07, 6.45) is 1.37. The maximum absolute atomic E-state index is 13.1. The summed E-state index contributed by atoms with van der Waals surface area (Å²) < 4.78 is 0. The molecule has 7 nitrogen and oxygen atoms in total. The first-order chi connectivity index (χ1) is 15.8. The Bertz CT molecular complexity index is 1100. The van der Waals surface area contributed by atoms with Crippen LogP contribution >= 0.6 is 0 Å². The fourth-order valence-corrected chi connectivity index (χ4v) is 3.33. The van der Waals surface area contributed by atoms with Crippen LogP contribution < -0.4 is 10.6 Å². The van der Waals surface area contributed by atoms with Crippen LogP contribution in [0.3, 0.4) is 0 Å². The summed E-state index contributed by atoms with van der Waals surface area (Å²) in [5.41, 5.74) is 1.89. The predicted molar refractivity (Wildman–Crippen MR) is 127 cm³/mol. The highest BCUT2D eigenvalue weighted by Gasteiger charge is 2.22. The maximum atomic E-state index is 13.1. The van der Waals surface area contributed by atoms with Crippen molar-refractivity contribution in [3.8, 4) is 0 Å². The maximum Gasteiger partial charge on any atom is 0.270 e. The number of nitro groups is 1. The second kappa shape index (κ2) is 10.9. The SMILES string of the molecule is CC(NC(=O)C(=Cc1cccc([N+](=O)[O-])c1)C(=O)NC(C)c1ccccc1)c1ccccc1. The molecule has 168 valence electrons. The molecule has 0 aliphatic heterocycles. The molecule has 2 amide bonds. The van der Waals surface area contributed by atoms with E-state index >= 15 is 0 Å². The van der Waals surface area contributed by atoms with Crippen molar-refractivity contribution < 1.29 is 14.5 Å². The highest BCUT2D eigenvalue weighted by molar-refractivity contribution is 6.21. The summed E-state index contributed by atoms with van der Waals surface area (Å²) in [7, 11) is 0. The van der Waals surface area contributed by atoms with Crippen LogP contribution in [0.5, 0.6) is 0 Å². The van der Waals surface area contributed by atoms with E-state index in [1.54, 1.807) is 6.07 Å². The van der Waals surface area contributed by atoms with Crippen molar-refractivity contribution in [3.05, 3.63) is 117 Å². The molecule has 0 aliphatic rings. The third kappa shape index (κ3) is 6.36. The van der Waals surface area contributed by atoms with Crippen molar-refractivity contribution in [2.24, 2.45) is 0 Å². The summed E-state index contributed by atoms with van der Waals surface area (Å²) in [6, 6.07) is 23.9. The average molecular weight is 444 g/mol. The molecular formula is C26H25N3O4. The van der Waals surface area contributed by atoms with Gasteiger partial charge in [-0.25, -0.2) is 0 Å². The molecule has 0 saturated heterocycles. The number of carbonyl (C=O) groups is 2. The van der Waals surface area contributed by atoms with Gasteiger partial charge in [0.1, 0.15) is 5.57 Å². The van der Waals surface area contributed by atoms with Gasteiger partial charge in [0.25, 0.3) is 17.5 Å². The van der Waals surface area contributed by atoms with E-state index in [0.717, 1.165) is 11.1 Å². The third-order valence-electron chi connectivity index (χ3n) is 5.18. The van der Waals surface area contributed by atoms with Crippen molar-refractivity contribution in [1.29, 1.82) is 0 Å². The number of hydrogen-bond donors (Lipinski definition) is 2. The molecule has 0 radical (unpaired) electrons. The highest BCUT2D eigenvalue weighted by Crippen LogP contribution is 2.19. The molecule has 0 saturated carbocycles. The minimum absolute atomic E-state index is 0.126. The number of amides is 2. The molecule has 2 unspecified atom stereocenters. The number of nitro benzene ring substituents is 1. The summed E-state index contributed by atoms with van der Waals surface area (Å²) in [6.45, 7) is 3.64. The van der Waals surface area contributed by atoms with E-state index in [9.17, 15) is 19.7 Å². The van der Waals surface area contributed by atoms with Crippen molar-refractivity contribution in [2.75, 3.05) is 0 Å². The van der Waals surface area contributed by atoms with Gasteiger partial charge in [0.05, 0.1) is 17.0 Å². The van der Waals surface area contributed by atoms with Crippen LogP contribution in [0.1, 0.15) is 42.6 Å². The van der Waals surface area contributed by atoms with Crippen LogP contribution in [-0.2, 0) is 9.59 Å². The zero-order valence-corrected chi connectivity index (χ0v) is 18.4. The number of nitrogens with one attached hydrogen (secondary N) is 2. The summed E-state index contributed by atoms with van der Waals surface area (Å²) >= 11 is 0. The first-order valence-electron chi connectivity index (χ1n) is 10.5. The Morgan fingerprint density at radius 3 is 1.73 bits per heavy atom. The molecule has 0 heterocycles. The minimum atomic E-state index is -0.573.